The number of hydrogen-bond acceptors (Lipinski definition) is 15. The van der Waals surface area contributed by atoms with Gasteiger partial charge in [0.25, 0.3) is 0 Å². The average Bonchev–Trinajstić information content (AvgIpc) is 3.50. The van der Waals surface area contributed by atoms with Gasteiger partial charge in [-0.05, 0) is 51.0 Å². The van der Waals surface area contributed by atoms with Gasteiger partial charge in [-0.25, -0.2) is 14.4 Å². The number of ether oxygens (including phenoxy) is 6. The monoisotopic (exact) mass is 811 g/mol. The molecule has 4 N–H and O–H groups in total. The van der Waals surface area contributed by atoms with Gasteiger partial charge in [0.2, 0.25) is 11.5 Å². The summed E-state index contributed by atoms with van der Waals surface area (Å²) >= 11 is 0. The molecule has 2 saturated heterocycles. The number of rotatable bonds is 8. The summed E-state index contributed by atoms with van der Waals surface area (Å²) in [5.74, 6) is -6.06. The van der Waals surface area contributed by atoms with E-state index in [4.69, 9.17) is 28.4 Å². The van der Waals surface area contributed by atoms with Crippen molar-refractivity contribution in [1.82, 2.24) is 5.32 Å². The Labute approximate surface area is 336 Å². The van der Waals surface area contributed by atoms with Crippen molar-refractivity contribution in [1.29, 1.82) is 0 Å². The van der Waals surface area contributed by atoms with Crippen molar-refractivity contribution in [2.75, 3.05) is 6.61 Å². The second kappa shape index (κ2) is 14.6. The van der Waals surface area contributed by atoms with Crippen LogP contribution in [0.5, 0.6) is 0 Å². The predicted molar refractivity (Wildman–Crippen MR) is 200 cm³/mol. The number of aliphatic hydroxyl groups is 3. The van der Waals surface area contributed by atoms with Crippen LogP contribution < -0.4 is 5.32 Å². The minimum Gasteiger partial charge on any atom is -0.454 e. The summed E-state index contributed by atoms with van der Waals surface area (Å²) in [5.41, 5.74) is -8.16. The highest BCUT2D eigenvalue weighted by molar-refractivity contribution is 5.94. The summed E-state index contributed by atoms with van der Waals surface area (Å²) in [4.78, 5) is 83.2. The molecule has 316 valence electrons. The Morgan fingerprint density at radius 2 is 1.64 bits per heavy atom. The first-order valence-electron chi connectivity index (χ1n) is 19.3. The fourth-order valence-electron chi connectivity index (χ4n) is 9.81. The lowest BCUT2D eigenvalue weighted by Gasteiger charge is -2.67. The first-order valence-corrected chi connectivity index (χ1v) is 19.3. The molecule has 2 saturated carbocycles. The lowest BCUT2D eigenvalue weighted by molar-refractivity contribution is -0.345. The third-order valence-corrected chi connectivity index (χ3v) is 12.7. The van der Waals surface area contributed by atoms with Crippen molar-refractivity contribution < 1.29 is 72.5 Å². The van der Waals surface area contributed by atoms with Crippen molar-refractivity contribution in [2.45, 2.75) is 136 Å². The summed E-state index contributed by atoms with van der Waals surface area (Å²) in [7, 11) is 0. The van der Waals surface area contributed by atoms with Gasteiger partial charge in [0.1, 0.15) is 12.2 Å². The molecule has 0 unspecified atom stereocenters. The number of aliphatic hydroxyl groups excluding tert-OH is 3. The topological polar surface area (TPSA) is 231 Å². The Morgan fingerprint density at radius 3 is 2.19 bits per heavy atom. The minimum atomic E-state index is -2.31. The maximum Gasteiger partial charge on any atom is 0.509 e. The van der Waals surface area contributed by atoms with Crippen LogP contribution >= 0.6 is 0 Å². The molecule has 1 spiro atoms. The van der Waals surface area contributed by atoms with E-state index in [2.05, 4.69) is 5.32 Å². The van der Waals surface area contributed by atoms with Gasteiger partial charge in [0.15, 0.2) is 35.8 Å². The van der Waals surface area contributed by atoms with Crippen LogP contribution in [-0.2, 0) is 47.6 Å². The molecular weight excluding hydrogens is 758 g/mol. The number of amides is 1. The summed E-state index contributed by atoms with van der Waals surface area (Å²) in [5, 5.41) is 38.4. The number of carbonyl (C=O) groups excluding carboxylic acids is 6. The molecule has 2 heterocycles. The Morgan fingerprint density at radius 1 is 1.00 bits per heavy atom. The molecule has 1 amide bonds. The molecule has 2 bridgehead atoms. The van der Waals surface area contributed by atoms with Crippen molar-refractivity contribution in [3.05, 3.63) is 58.7 Å². The van der Waals surface area contributed by atoms with E-state index in [-0.39, 0.29) is 29.7 Å². The molecule has 0 radical (unpaired) electrons. The number of ketones is 1. The third kappa shape index (κ3) is 6.43. The minimum absolute atomic E-state index is 0.0443. The van der Waals surface area contributed by atoms with Crippen molar-refractivity contribution in [3.8, 4) is 0 Å². The fourth-order valence-corrected chi connectivity index (χ4v) is 9.81. The van der Waals surface area contributed by atoms with Gasteiger partial charge in [-0.15, -0.1) is 0 Å². The Kier molecular flexibility index (Phi) is 10.8. The van der Waals surface area contributed by atoms with Gasteiger partial charge in [0, 0.05) is 24.2 Å². The number of esters is 3. The van der Waals surface area contributed by atoms with Crippen molar-refractivity contribution >= 4 is 35.8 Å². The predicted octanol–water partition coefficient (Wildman–Crippen LogP) is 2.64. The molecule has 5 aliphatic rings. The maximum absolute atomic E-state index is 15.1. The highest BCUT2D eigenvalue weighted by Gasteiger charge is 2.83. The molecule has 2 aliphatic heterocycles. The van der Waals surface area contributed by atoms with E-state index in [1.54, 1.807) is 52.8 Å². The first-order chi connectivity index (χ1) is 26.9. The highest BCUT2D eigenvalue weighted by atomic mass is 16.8. The lowest BCUT2D eigenvalue weighted by Crippen LogP contribution is -2.83. The second-order valence-electron chi connectivity index (χ2n) is 18.0. The molecule has 4 fully saturated rings. The normalized spacial score (nSPS) is 35.7. The zero-order valence-electron chi connectivity index (χ0n) is 34.3. The van der Waals surface area contributed by atoms with Gasteiger partial charge >= 0.3 is 24.1 Å². The van der Waals surface area contributed by atoms with Crippen LogP contribution in [0.4, 0.5) is 4.79 Å². The van der Waals surface area contributed by atoms with E-state index in [0.29, 0.717) is 5.57 Å². The summed E-state index contributed by atoms with van der Waals surface area (Å²) in [6, 6.07) is 6.49. The summed E-state index contributed by atoms with van der Waals surface area (Å²) in [6.45, 7) is 15.0. The largest absolute Gasteiger partial charge is 0.509 e. The fraction of sp³-hybridized carbons (Fsp3) is 0.619. The SMILES string of the molecule is CC(=O)O[C@@]12CO[C@@H]1C[C@H](O)[C@@]1(C)C(=O)[C@H](O)C3=C(C)[C@@H](OC(=O)[C@H](O)[C@H](C=C(C)C)NC(=O)C(C)(C)C)[C@@H]4OC(=O)O[C@]4([C@@H](OC(=O)c4ccccc4)[C@H]21)C3(C)C. The van der Waals surface area contributed by atoms with Gasteiger partial charge in [-0.2, -0.15) is 0 Å². The first kappa shape index (κ1) is 43.0. The molecule has 16 nitrogen and oxygen atoms in total. The molecular formula is C42H53NO15. The van der Waals surface area contributed by atoms with Gasteiger partial charge in [-0.3, -0.25) is 14.4 Å². The van der Waals surface area contributed by atoms with Crippen LogP contribution in [0.3, 0.4) is 0 Å². The van der Waals surface area contributed by atoms with Crippen LogP contribution in [0.2, 0.25) is 0 Å². The number of hydrogen-bond donors (Lipinski definition) is 4. The van der Waals surface area contributed by atoms with Gasteiger partial charge < -0.3 is 49.1 Å². The lowest BCUT2D eigenvalue weighted by atomic mass is 9.44. The van der Waals surface area contributed by atoms with Gasteiger partial charge in [-0.1, -0.05) is 64.5 Å². The number of fused-ring (bicyclic) bond motifs is 4. The van der Waals surface area contributed by atoms with E-state index in [0.717, 1.165) is 6.92 Å². The van der Waals surface area contributed by atoms with Crippen LogP contribution in [0.25, 0.3) is 0 Å². The molecule has 6 rings (SSSR count). The molecule has 0 aromatic heterocycles. The molecule has 16 heteroatoms. The van der Waals surface area contributed by atoms with E-state index >= 15 is 4.79 Å². The number of benzene rings is 1. The van der Waals surface area contributed by atoms with E-state index in [9.17, 15) is 39.3 Å². The molecule has 58 heavy (non-hydrogen) atoms. The third-order valence-electron chi connectivity index (χ3n) is 12.7. The van der Waals surface area contributed by atoms with Crippen LogP contribution in [0.1, 0.15) is 86.0 Å². The Balaban J connectivity index is 1.59. The second-order valence-corrected chi connectivity index (χ2v) is 18.0. The standard InChI is InChI=1S/C42H53NO15/c1-19(2)16-23(43-36(51)38(5,6)7)27(46)35(50)54-29-20(3)26-28(47)31(48)40(10)24(45)17-25-41(18-53-25,57-21(4)44)30(40)33(55-34(49)22-14-12-11-13-15-22)42(39(26,8)9)32(29)56-37(52)58-42/h11-16,23-25,27-30,32-33,45-47H,17-18H2,1-10H3,(H,43,51)/t23-,24-,25+,27+,28+,29+,30-,32-,33-,40+,41-,42+/m0/s1. The van der Waals surface area contributed by atoms with Gasteiger partial charge in [0.05, 0.1) is 35.6 Å². The summed E-state index contributed by atoms with van der Waals surface area (Å²) in [6.07, 6.45) is -12.0. The number of nitrogens with one attached hydrogen (secondary N) is 1. The van der Waals surface area contributed by atoms with E-state index in [1.165, 1.54) is 45.9 Å². The van der Waals surface area contributed by atoms with E-state index in [1.807, 2.05) is 0 Å². The van der Waals surface area contributed by atoms with Crippen molar-refractivity contribution in [3.63, 3.8) is 0 Å². The van der Waals surface area contributed by atoms with Crippen molar-refractivity contribution in [2.24, 2.45) is 22.2 Å². The molecule has 3 aliphatic carbocycles. The number of allylic oxidation sites excluding steroid dienone is 1. The van der Waals surface area contributed by atoms with E-state index < -0.39 is 118 Å². The molecule has 1 aromatic carbocycles. The quantitative estimate of drug-likeness (QED) is 0.168. The molecule has 12 atom stereocenters. The van der Waals surface area contributed by atoms with Crippen LogP contribution in [0.15, 0.2) is 53.1 Å². The number of Topliss-reactive ketones (excluding diaryl/α,β-unsaturated/α-hetero) is 1. The zero-order chi connectivity index (χ0) is 43.1. The Bertz CT molecular complexity index is 1960. The number of carbonyl (C=O) groups is 6. The smallest absolute Gasteiger partial charge is 0.454 e. The maximum atomic E-state index is 15.1. The Hall–Kier alpha value is -4.64. The van der Waals surface area contributed by atoms with Crippen LogP contribution in [-0.4, -0.2) is 118 Å². The summed E-state index contributed by atoms with van der Waals surface area (Å²) < 4.78 is 36.5. The molecule has 1 aromatic rings. The highest BCUT2D eigenvalue weighted by Crippen LogP contribution is 2.66. The zero-order valence-corrected chi connectivity index (χ0v) is 34.3. The van der Waals surface area contributed by atoms with Crippen LogP contribution in [0, 0.1) is 22.2 Å². The average molecular weight is 812 g/mol.